The zero-order valence-electron chi connectivity index (χ0n) is 12.1. The molecule has 1 aromatic heterocycles. The van der Waals surface area contributed by atoms with Crippen LogP contribution in [0.2, 0.25) is 25.7 Å². The summed E-state index contributed by atoms with van der Waals surface area (Å²) in [7, 11) is -1.01. The van der Waals surface area contributed by atoms with E-state index in [4.69, 9.17) is 4.74 Å². The summed E-state index contributed by atoms with van der Waals surface area (Å²) in [5.74, 6) is 1.14. The van der Waals surface area contributed by atoms with Crippen molar-refractivity contribution >= 4 is 39.9 Å². The Morgan fingerprint density at radius 2 is 1.95 bits per heavy atom. The summed E-state index contributed by atoms with van der Waals surface area (Å²) < 4.78 is 9.88. The third-order valence-electron chi connectivity index (χ3n) is 3.62. The number of ether oxygens (including phenoxy) is 1. The van der Waals surface area contributed by atoms with E-state index in [1.807, 2.05) is 0 Å². The Kier molecular flexibility index (Phi) is 4.65. The summed E-state index contributed by atoms with van der Waals surface area (Å²) in [5, 5.41) is 0. The van der Waals surface area contributed by atoms with Crippen LogP contribution in [0.5, 0.6) is 0 Å². The molecule has 0 unspecified atom stereocenters. The molecule has 0 bridgehead atoms. The first kappa shape index (κ1) is 15.7. The molecule has 1 heterocycles. The largest absolute Gasteiger partial charge is 0.361 e. The van der Waals surface area contributed by atoms with E-state index in [1.54, 1.807) is 0 Å². The van der Waals surface area contributed by atoms with Gasteiger partial charge in [0.25, 0.3) is 0 Å². The van der Waals surface area contributed by atoms with E-state index < -0.39 is 8.07 Å². The van der Waals surface area contributed by atoms with Crippen LogP contribution < -0.4 is 0 Å². The molecule has 3 nitrogen and oxygen atoms in total. The highest BCUT2D eigenvalue weighted by atomic mass is 79.9. The molecule has 0 spiro atoms. The molecule has 19 heavy (non-hydrogen) atoms. The van der Waals surface area contributed by atoms with Crippen molar-refractivity contribution in [1.29, 1.82) is 0 Å². The molecule has 1 saturated carbocycles. The highest BCUT2D eigenvalue weighted by Gasteiger charge is 2.44. The molecule has 1 aromatic rings. The zero-order chi connectivity index (χ0) is 14.3. The minimum absolute atomic E-state index is 0.247. The van der Waals surface area contributed by atoms with Crippen LogP contribution in [-0.4, -0.2) is 24.2 Å². The van der Waals surface area contributed by atoms with E-state index in [1.165, 1.54) is 18.9 Å². The molecule has 0 amide bonds. The van der Waals surface area contributed by atoms with E-state index in [9.17, 15) is 0 Å². The predicted molar refractivity (Wildman–Crippen MR) is 88.3 cm³/mol. The Balaban J connectivity index is 2.00. The van der Waals surface area contributed by atoms with Crippen LogP contribution in [0.1, 0.15) is 25.6 Å². The van der Waals surface area contributed by atoms with E-state index >= 15 is 0 Å². The smallest absolute Gasteiger partial charge is 0.139 e. The lowest BCUT2D eigenvalue weighted by molar-refractivity contribution is 0.0826. The maximum atomic E-state index is 5.86. The zero-order valence-corrected chi connectivity index (χ0v) is 16.3. The van der Waals surface area contributed by atoms with Crippen molar-refractivity contribution in [1.82, 2.24) is 9.55 Å². The lowest BCUT2D eigenvalue weighted by Crippen LogP contribution is -2.22. The second kappa shape index (κ2) is 5.62. The quantitative estimate of drug-likeness (QED) is 0.499. The van der Waals surface area contributed by atoms with Crippen LogP contribution in [0, 0.1) is 0 Å². The topological polar surface area (TPSA) is 27.1 Å². The molecular formula is C13H22Br2N2OSi. The normalized spacial score (nSPS) is 17.8. The van der Waals surface area contributed by atoms with Gasteiger partial charge in [0.2, 0.25) is 0 Å². The second-order valence-corrected chi connectivity index (χ2v) is 14.0. The number of hydrogen-bond donors (Lipinski definition) is 0. The van der Waals surface area contributed by atoms with Crippen LogP contribution in [0.15, 0.2) is 9.21 Å². The first-order valence-electron chi connectivity index (χ1n) is 6.73. The van der Waals surface area contributed by atoms with Gasteiger partial charge in [-0.2, -0.15) is 0 Å². The third-order valence-corrected chi connectivity index (χ3v) is 7.22. The SMILES string of the molecule is CC1(c2nc(Br)c(Br)n2COCC[Si](C)(C)C)CC1. The van der Waals surface area contributed by atoms with Gasteiger partial charge in [-0.05, 0) is 50.7 Å². The maximum absolute atomic E-state index is 5.86. The number of halogens is 2. The summed E-state index contributed by atoms with van der Waals surface area (Å²) in [5.41, 5.74) is 0.247. The highest BCUT2D eigenvalue weighted by Crippen LogP contribution is 2.48. The number of imidazole rings is 1. The molecule has 0 radical (unpaired) electrons. The van der Waals surface area contributed by atoms with Crippen molar-refractivity contribution in [2.45, 2.75) is 57.6 Å². The Labute approximate surface area is 133 Å². The molecule has 0 aromatic carbocycles. The molecule has 1 aliphatic carbocycles. The summed E-state index contributed by atoms with van der Waals surface area (Å²) in [6.07, 6.45) is 2.44. The predicted octanol–water partition coefficient (Wildman–Crippen LogP) is 4.77. The molecule has 2 rings (SSSR count). The Morgan fingerprint density at radius 3 is 2.47 bits per heavy atom. The monoisotopic (exact) mass is 408 g/mol. The standard InChI is InChI=1S/C13H22Br2N2OSi/c1-13(5-6-13)12-16-10(14)11(15)17(12)9-18-7-8-19(2,3)4/h5-9H2,1-4H3. The molecule has 108 valence electrons. The van der Waals surface area contributed by atoms with Gasteiger partial charge in [0.05, 0.1) is 0 Å². The fourth-order valence-corrected chi connectivity index (χ4v) is 3.43. The lowest BCUT2D eigenvalue weighted by Gasteiger charge is -2.17. The van der Waals surface area contributed by atoms with Gasteiger partial charge in [0, 0.05) is 20.1 Å². The van der Waals surface area contributed by atoms with Crippen molar-refractivity contribution in [3.05, 3.63) is 15.0 Å². The van der Waals surface area contributed by atoms with Crippen LogP contribution in [0.4, 0.5) is 0 Å². The van der Waals surface area contributed by atoms with Gasteiger partial charge in [-0.25, -0.2) is 4.98 Å². The average Bonchev–Trinajstić information content (AvgIpc) is 2.97. The first-order chi connectivity index (χ1) is 8.73. The van der Waals surface area contributed by atoms with Gasteiger partial charge in [0.15, 0.2) is 0 Å². The Morgan fingerprint density at radius 1 is 1.32 bits per heavy atom. The van der Waals surface area contributed by atoms with Crippen LogP contribution in [0.3, 0.4) is 0 Å². The number of hydrogen-bond acceptors (Lipinski definition) is 2. The lowest BCUT2D eigenvalue weighted by atomic mass is 10.1. The van der Waals surface area contributed by atoms with E-state index in [2.05, 4.69) is 68.0 Å². The molecule has 0 atom stereocenters. The second-order valence-electron chi connectivity index (χ2n) is 6.85. The Hall–Kier alpha value is 0.347. The molecule has 1 fully saturated rings. The average molecular weight is 410 g/mol. The van der Waals surface area contributed by atoms with Crippen molar-refractivity contribution in [2.24, 2.45) is 0 Å². The highest BCUT2D eigenvalue weighted by molar-refractivity contribution is 9.13. The molecule has 1 aliphatic rings. The van der Waals surface area contributed by atoms with E-state index in [-0.39, 0.29) is 5.41 Å². The van der Waals surface area contributed by atoms with E-state index in [0.29, 0.717) is 6.73 Å². The van der Waals surface area contributed by atoms with Gasteiger partial charge < -0.3 is 4.74 Å². The summed E-state index contributed by atoms with van der Waals surface area (Å²) in [6, 6.07) is 1.20. The fraction of sp³-hybridized carbons (Fsp3) is 0.769. The van der Waals surface area contributed by atoms with Crippen LogP contribution >= 0.6 is 31.9 Å². The molecular weight excluding hydrogens is 388 g/mol. The fourth-order valence-electron chi connectivity index (χ4n) is 1.93. The van der Waals surface area contributed by atoms with Gasteiger partial charge >= 0.3 is 0 Å². The molecule has 0 N–H and O–H groups in total. The number of aromatic nitrogens is 2. The number of rotatable bonds is 6. The van der Waals surface area contributed by atoms with Gasteiger partial charge in [-0.15, -0.1) is 0 Å². The van der Waals surface area contributed by atoms with Gasteiger partial charge in [0.1, 0.15) is 21.8 Å². The minimum atomic E-state index is -1.01. The van der Waals surface area contributed by atoms with Crippen molar-refractivity contribution in [3.8, 4) is 0 Å². The molecule has 6 heteroatoms. The van der Waals surface area contributed by atoms with Crippen molar-refractivity contribution in [3.63, 3.8) is 0 Å². The number of nitrogens with zero attached hydrogens (tertiary/aromatic N) is 2. The third kappa shape index (κ3) is 3.92. The summed E-state index contributed by atoms with van der Waals surface area (Å²) in [4.78, 5) is 4.63. The van der Waals surface area contributed by atoms with Gasteiger partial charge in [-0.1, -0.05) is 26.6 Å². The summed E-state index contributed by atoms with van der Waals surface area (Å²) in [6.45, 7) is 10.8. The van der Waals surface area contributed by atoms with Crippen LogP contribution in [0.25, 0.3) is 0 Å². The first-order valence-corrected chi connectivity index (χ1v) is 12.0. The Bertz CT molecular complexity index is 464. The maximum Gasteiger partial charge on any atom is 0.139 e. The summed E-state index contributed by atoms with van der Waals surface area (Å²) >= 11 is 7.10. The molecule has 0 saturated heterocycles. The van der Waals surface area contributed by atoms with Crippen molar-refractivity contribution < 1.29 is 4.74 Å². The minimum Gasteiger partial charge on any atom is -0.361 e. The van der Waals surface area contributed by atoms with E-state index in [0.717, 1.165) is 21.6 Å². The van der Waals surface area contributed by atoms with Gasteiger partial charge in [-0.3, -0.25) is 4.57 Å². The van der Waals surface area contributed by atoms with Crippen LogP contribution in [-0.2, 0) is 16.9 Å². The van der Waals surface area contributed by atoms with Crippen molar-refractivity contribution in [2.75, 3.05) is 6.61 Å². The molecule has 0 aliphatic heterocycles.